The molecule has 1 fully saturated rings. The maximum absolute atomic E-state index is 12.8. The normalized spacial score (nSPS) is 16.3. The number of aromatic nitrogens is 3. The second-order valence-corrected chi connectivity index (χ2v) is 6.89. The van der Waals surface area contributed by atoms with Gasteiger partial charge in [-0.3, -0.25) is 9.78 Å². The average Bonchev–Trinajstić information content (AvgIpc) is 3.28. The molecule has 0 spiro atoms. The van der Waals surface area contributed by atoms with Crippen molar-refractivity contribution in [3.8, 4) is 17.3 Å². The summed E-state index contributed by atoms with van der Waals surface area (Å²) < 4.78 is 11.0. The van der Waals surface area contributed by atoms with Crippen molar-refractivity contribution in [1.82, 2.24) is 20.0 Å². The van der Waals surface area contributed by atoms with Crippen molar-refractivity contribution in [2.45, 2.75) is 25.3 Å². The van der Waals surface area contributed by atoms with Gasteiger partial charge in [0, 0.05) is 12.7 Å². The van der Waals surface area contributed by atoms with Gasteiger partial charge in [-0.25, -0.2) is 4.79 Å². The number of benzene rings is 1. The molecule has 4 rings (SSSR count). The number of aromatic carboxylic acids is 1. The van der Waals surface area contributed by atoms with Gasteiger partial charge in [-0.05, 0) is 43.5 Å². The number of carbonyl (C=O) groups excluding carboxylic acids is 1. The zero-order chi connectivity index (χ0) is 20.9. The predicted octanol–water partition coefficient (Wildman–Crippen LogP) is 2.96. The van der Waals surface area contributed by atoms with Crippen LogP contribution < -0.4 is 4.74 Å². The average molecular weight is 408 g/mol. The second kappa shape index (κ2) is 8.73. The highest BCUT2D eigenvalue weighted by molar-refractivity contribution is 5.87. The fourth-order valence-corrected chi connectivity index (χ4v) is 3.36. The van der Waals surface area contributed by atoms with Crippen molar-refractivity contribution in [3.63, 3.8) is 0 Å². The topological polar surface area (TPSA) is 119 Å². The molecule has 9 nitrogen and oxygen atoms in total. The summed E-state index contributed by atoms with van der Waals surface area (Å²) in [5.41, 5.74) is 0.473. The Balaban J connectivity index is 1.47. The van der Waals surface area contributed by atoms with Gasteiger partial charge in [-0.2, -0.15) is 4.98 Å². The van der Waals surface area contributed by atoms with Crippen LogP contribution in [0.3, 0.4) is 0 Å². The largest absolute Gasteiger partial charge is 0.484 e. The van der Waals surface area contributed by atoms with Crippen LogP contribution >= 0.6 is 0 Å². The molecule has 9 heteroatoms. The first-order chi connectivity index (χ1) is 14.6. The van der Waals surface area contributed by atoms with E-state index < -0.39 is 5.97 Å². The first kappa shape index (κ1) is 19.6. The van der Waals surface area contributed by atoms with Crippen LogP contribution in [-0.2, 0) is 4.79 Å². The van der Waals surface area contributed by atoms with Crippen molar-refractivity contribution in [2.75, 3.05) is 13.2 Å². The Morgan fingerprint density at radius 2 is 2.00 bits per heavy atom. The first-order valence-electron chi connectivity index (χ1n) is 9.62. The summed E-state index contributed by atoms with van der Waals surface area (Å²) in [6, 6.07) is 11.8. The summed E-state index contributed by atoms with van der Waals surface area (Å²) in [6.45, 7) is 0.518. The number of pyridine rings is 1. The van der Waals surface area contributed by atoms with Crippen molar-refractivity contribution < 1.29 is 24.0 Å². The Bertz CT molecular complexity index is 1020. The van der Waals surface area contributed by atoms with Crippen LogP contribution in [-0.4, -0.2) is 50.2 Å². The Labute approximate surface area is 172 Å². The van der Waals surface area contributed by atoms with Gasteiger partial charge in [0.1, 0.15) is 17.5 Å². The third-order valence-electron chi connectivity index (χ3n) is 4.89. The fraction of sp³-hybridized carbons (Fsp3) is 0.286. The number of carboxylic acid groups (broad SMARTS) is 1. The number of nitrogens with zero attached hydrogens (tertiary/aromatic N) is 4. The molecule has 30 heavy (non-hydrogen) atoms. The molecular weight excluding hydrogens is 388 g/mol. The molecule has 1 N–H and O–H groups in total. The molecule has 1 amide bonds. The minimum Gasteiger partial charge on any atom is -0.484 e. The number of rotatable bonds is 6. The molecule has 2 aromatic heterocycles. The lowest BCUT2D eigenvalue weighted by Gasteiger charge is -2.33. The predicted molar refractivity (Wildman–Crippen MR) is 105 cm³/mol. The molecule has 0 radical (unpaired) electrons. The molecule has 3 aromatic rings. The zero-order valence-corrected chi connectivity index (χ0v) is 16.1. The molecule has 1 aromatic carbocycles. The summed E-state index contributed by atoms with van der Waals surface area (Å²) in [7, 11) is 0. The lowest BCUT2D eigenvalue weighted by Crippen LogP contribution is -2.41. The number of amides is 1. The van der Waals surface area contributed by atoms with Crippen LogP contribution in [0.5, 0.6) is 5.75 Å². The molecule has 154 valence electrons. The van der Waals surface area contributed by atoms with E-state index in [9.17, 15) is 9.59 Å². The van der Waals surface area contributed by atoms with E-state index in [0.29, 0.717) is 30.3 Å². The fourth-order valence-electron chi connectivity index (χ4n) is 3.36. The van der Waals surface area contributed by atoms with Gasteiger partial charge in [0.25, 0.3) is 5.91 Å². The lowest BCUT2D eigenvalue weighted by molar-refractivity contribution is -0.138. The monoisotopic (exact) mass is 408 g/mol. The summed E-state index contributed by atoms with van der Waals surface area (Å²) in [5, 5.41) is 12.9. The highest BCUT2D eigenvalue weighted by Gasteiger charge is 2.32. The minimum atomic E-state index is -1.06. The van der Waals surface area contributed by atoms with E-state index in [1.54, 1.807) is 17.0 Å². The van der Waals surface area contributed by atoms with E-state index in [1.807, 2.05) is 18.2 Å². The number of para-hydroxylation sites is 1. The Kier molecular flexibility index (Phi) is 5.69. The summed E-state index contributed by atoms with van der Waals surface area (Å²) >= 11 is 0. The highest BCUT2D eigenvalue weighted by atomic mass is 16.5. The summed E-state index contributed by atoms with van der Waals surface area (Å²) in [6.07, 6.45) is 3.79. The third kappa shape index (κ3) is 4.29. The van der Waals surface area contributed by atoms with Crippen molar-refractivity contribution in [1.29, 1.82) is 0 Å². The lowest BCUT2D eigenvalue weighted by atomic mass is 10.0. The number of hydrogen-bond donors (Lipinski definition) is 1. The van der Waals surface area contributed by atoms with Gasteiger partial charge in [-0.1, -0.05) is 23.4 Å². The maximum Gasteiger partial charge on any atom is 0.337 e. The number of likely N-dealkylation sites (tertiary alicyclic amines) is 1. The number of hydrogen-bond acceptors (Lipinski definition) is 7. The van der Waals surface area contributed by atoms with Gasteiger partial charge < -0.3 is 19.3 Å². The number of piperidine rings is 1. The molecule has 0 aliphatic carbocycles. The van der Waals surface area contributed by atoms with Crippen LogP contribution in [0, 0.1) is 0 Å². The van der Waals surface area contributed by atoms with Crippen LogP contribution in [0.4, 0.5) is 0 Å². The summed E-state index contributed by atoms with van der Waals surface area (Å²) in [4.78, 5) is 33.9. The molecule has 0 saturated carbocycles. The molecule has 1 atom stereocenters. The van der Waals surface area contributed by atoms with Gasteiger partial charge in [0.15, 0.2) is 6.61 Å². The molecule has 0 bridgehead atoms. The molecule has 3 heterocycles. The smallest absolute Gasteiger partial charge is 0.337 e. The number of carboxylic acids is 1. The van der Waals surface area contributed by atoms with Crippen LogP contribution in [0.25, 0.3) is 11.5 Å². The van der Waals surface area contributed by atoms with Crippen molar-refractivity contribution in [2.24, 2.45) is 0 Å². The van der Waals surface area contributed by atoms with E-state index in [2.05, 4.69) is 15.1 Å². The minimum absolute atomic E-state index is 0.0697. The number of carbonyl (C=O) groups is 2. The molecule has 1 aliphatic rings. The summed E-state index contributed by atoms with van der Waals surface area (Å²) in [5.74, 6) is 0.0156. The van der Waals surface area contributed by atoms with E-state index in [1.165, 1.54) is 18.3 Å². The van der Waals surface area contributed by atoms with Crippen LogP contribution in [0.15, 0.2) is 53.2 Å². The van der Waals surface area contributed by atoms with E-state index in [4.69, 9.17) is 14.4 Å². The van der Waals surface area contributed by atoms with Crippen LogP contribution in [0.1, 0.15) is 41.6 Å². The Morgan fingerprint density at radius 1 is 1.17 bits per heavy atom. The quantitative estimate of drug-likeness (QED) is 0.661. The van der Waals surface area contributed by atoms with Gasteiger partial charge in [0.2, 0.25) is 11.7 Å². The van der Waals surface area contributed by atoms with E-state index in [0.717, 1.165) is 12.8 Å². The molecular formula is C21H20N4O5. The van der Waals surface area contributed by atoms with E-state index in [-0.39, 0.29) is 29.9 Å². The molecule has 1 saturated heterocycles. The molecule has 1 aliphatic heterocycles. The second-order valence-electron chi connectivity index (χ2n) is 6.89. The van der Waals surface area contributed by atoms with Gasteiger partial charge >= 0.3 is 5.97 Å². The maximum atomic E-state index is 12.8. The van der Waals surface area contributed by atoms with Gasteiger partial charge in [0.05, 0.1) is 5.56 Å². The zero-order valence-electron chi connectivity index (χ0n) is 16.1. The standard InChI is InChI=1S/C21H20N4O5/c26-18(13-29-15-6-2-1-3-7-15)25-11-5-4-8-17(25)20-23-19(24-30-20)16-10-9-14(12-22-16)21(27)28/h1-3,6-7,9-10,12,17H,4-5,8,11,13H2,(H,27,28). The first-order valence-corrected chi connectivity index (χ1v) is 9.62. The van der Waals surface area contributed by atoms with Crippen molar-refractivity contribution in [3.05, 3.63) is 60.1 Å². The highest BCUT2D eigenvalue weighted by Crippen LogP contribution is 2.31. The Hall–Kier alpha value is -3.75. The van der Waals surface area contributed by atoms with Crippen LogP contribution in [0.2, 0.25) is 0 Å². The van der Waals surface area contributed by atoms with E-state index >= 15 is 0 Å². The number of ether oxygens (including phenoxy) is 1. The SMILES string of the molecule is O=C(O)c1ccc(-c2noc(C3CCCCN3C(=O)COc3ccccc3)n2)nc1. The molecule has 1 unspecified atom stereocenters. The third-order valence-corrected chi connectivity index (χ3v) is 4.89. The Morgan fingerprint density at radius 3 is 2.73 bits per heavy atom. The van der Waals surface area contributed by atoms with Crippen molar-refractivity contribution >= 4 is 11.9 Å². The van der Waals surface area contributed by atoms with Gasteiger partial charge in [-0.15, -0.1) is 0 Å².